The van der Waals surface area contributed by atoms with Gasteiger partial charge in [-0.25, -0.2) is 15.0 Å². The van der Waals surface area contributed by atoms with E-state index in [1.165, 1.54) is 6.33 Å². The van der Waals surface area contributed by atoms with Crippen LogP contribution < -0.4 is 11.1 Å². The molecule has 2 aromatic heterocycles. The highest BCUT2D eigenvalue weighted by molar-refractivity contribution is 5.81. The second-order valence-corrected chi connectivity index (χ2v) is 4.97. The summed E-state index contributed by atoms with van der Waals surface area (Å²) in [6.45, 7) is 0. The summed E-state index contributed by atoms with van der Waals surface area (Å²) in [4.78, 5) is 12.4. The number of imidazole rings is 1. The van der Waals surface area contributed by atoms with Crippen molar-refractivity contribution in [2.45, 2.75) is 37.5 Å². The molecule has 0 bridgehead atoms. The number of nitrogens with one attached hydrogen (secondary N) is 1. The third kappa shape index (κ3) is 1.95. The molecule has 0 aromatic carbocycles. The number of aliphatic hydroxyl groups is 1. The van der Waals surface area contributed by atoms with Crippen molar-refractivity contribution in [3.8, 4) is 0 Å². The average molecular weight is 262 g/mol. The largest absolute Gasteiger partial charge is 0.389 e. The van der Waals surface area contributed by atoms with E-state index in [4.69, 9.17) is 5.73 Å². The number of aliphatic hydroxyl groups excluding tert-OH is 1. The first-order chi connectivity index (χ1) is 9.22. The summed E-state index contributed by atoms with van der Waals surface area (Å²) in [5.41, 5.74) is 7.07. The standard InChI is InChI=1S/C12H18N6O/c1-14-7-3-2-4-8(10(7)19)18-6-17-9-11(13)15-5-16-12(9)18/h5-8,10,14,19H,2-4H2,1H3,(H2,13,15,16)/t7-,8-,10-/m0/s1. The van der Waals surface area contributed by atoms with Crippen LogP contribution in [0.5, 0.6) is 0 Å². The van der Waals surface area contributed by atoms with Crippen LogP contribution in [0, 0.1) is 0 Å². The Labute approximate surface area is 110 Å². The number of fused-ring (bicyclic) bond motifs is 1. The maximum atomic E-state index is 10.4. The molecule has 0 spiro atoms. The van der Waals surface area contributed by atoms with E-state index in [1.807, 2.05) is 11.6 Å². The minimum atomic E-state index is -0.452. The van der Waals surface area contributed by atoms with Crippen molar-refractivity contribution >= 4 is 17.0 Å². The molecule has 0 aliphatic heterocycles. The smallest absolute Gasteiger partial charge is 0.165 e. The summed E-state index contributed by atoms with van der Waals surface area (Å²) in [6, 6.07) is 0.0842. The van der Waals surface area contributed by atoms with Gasteiger partial charge in [-0.1, -0.05) is 0 Å². The van der Waals surface area contributed by atoms with E-state index >= 15 is 0 Å². The van der Waals surface area contributed by atoms with Gasteiger partial charge in [0.25, 0.3) is 0 Å². The predicted octanol–water partition coefficient (Wildman–Crippen LogP) is 0.0824. The monoisotopic (exact) mass is 262 g/mol. The van der Waals surface area contributed by atoms with E-state index in [0.717, 1.165) is 19.3 Å². The van der Waals surface area contributed by atoms with Crippen LogP contribution in [0.15, 0.2) is 12.7 Å². The van der Waals surface area contributed by atoms with Crippen molar-refractivity contribution in [1.29, 1.82) is 0 Å². The molecule has 1 aliphatic carbocycles. The summed E-state index contributed by atoms with van der Waals surface area (Å²) >= 11 is 0. The normalized spacial score (nSPS) is 27.8. The molecule has 3 rings (SSSR count). The molecule has 0 amide bonds. The van der Waals surface area contributed by atoms with Crippen LogP contribution in [-0.4, -0.2) is 43.8 Å². The van der Waals surface area contributed by atoms with Gasteiger partial charge in [0.15, 0.2) is 11.5 Å². The first kappa shape index (κ1) is 12.3. The Morgan fingerprint density at radius 3 is 3.00 bits per heavy atom. The van der Waals surface area contributed by atoms with Gasteiger partial charge in [-0.2, -0.15) is 0 Å². The van der Waals surface area contributed by atoms with Crippen LogP contribution in [0.3, 0.4) is 0 Å². The summed E-state index contributed by atoms with van der Waals surface area (Å²) in [5.74, 6) is 0.374. The Bertz CT molecular complexity index is 583. The molecular formula is C12H18N6O. The Hall–Kier alpha value is -1.73. The molecular weight excluding hydrogens is 244 g/mol. The molecule has 3 atom stereocenters. The van der Waals surface area contributed by atoms with E-state index < -0.39 is 6.10 Å². The maximum Gasteiger partial charge on any atom is 0.165 e. The molecule has 4 N–H and O–H groups in total. The van der Waals surface area contributed by atoms with Gasteiger partial charge in [0.1, 0.15) is 11.8 Å². The Morgan fingerprint density at radius 2 is 2.21 bits per heavy atom. The zero-order valence-corrected chi connectivity index (χ0v) is 10.8. The van der Waals surface area contributed by atoms with Crippen molar-refractivity contribution < 1.29 is 5.11 Å². The zero-order valence-electron chi connectivity index (χ0n) is 10.8. The van der Waals surface area contributed by atoms with Crippen LogP contribution in [0.1, 0.15) is 25.3 Å². The van der Waals surface area contributed by atoms with Gasteiger partial charge in [-0.15, -0.1) is 0 Å². The highest BCUT2D eigenvalue weighted by Gasteiger charge is 2.33. The SMILES string of the molecule is CN[C@H]1CCC[C@H](n2cnc3c(N)ncnc32)[C@H]1O. The number of nitrogens with zero attached hydrogens (tertiary/aromatic N) is 4. The van der Waals surface area contributed by atoms with E-state index in [2.05, 4.69) is 20.3 Å². The molecule has 2 aromatic rings. The second kappa shape index (κ2) is 4.75. The molecule has 0 saturated heterocycles. The van der Waals surface area contributed by atoms with Gasteiger partial charge in [-0.3, -0.25) is 0 Å². The van der Waals surface area contributed by atoms with Gasteiger partial charge in [0.05, 0.1) is 18.5 Å². The third-order valence-electron chi connectivity index (χ3n) is 3.94. The molecule has 1 saturated carbocycles. The first-order valence-corrected chi connectivity index (χ1v) is 6.50. The Kier molecular flexibility index (Phi) is 3.08. The third-order valence-corrected chi connectivity index (χ3v) is 3.94. The summed E-state index contributed by atoms with van der Waals surface area (Å²) < 4.78 is 1.92. The number of hydrogen-bond acceptors (Lipinski definition) is 6. The van der Waals surface area contributed by atoms with Gasteiger partial charge in [-0.05, 0) is 26.3 Å². The Balaban J connectivity index is 2.02. The molecule has 1 aliphatic rings. The van der Waals surface area contributed by atoms with Crippen molar-refractivity contribution in [1.82, 2.24) is 24.8 Å². The lowest BCUT2D eigenvalue weighted by molar-refractivity contribution is 0.0473. The highest BCUT2D eigenvalue weighted by atomic mass is 16.3. The van der Waals surface area contributed by atoms with Crippen molar-refractivity contribution in [3.05, 3.63) is 12.7 Å². The lowest BCUT2D eigenvalue weighted by atomic mass is 9.88. The number of nitrogens with two attached hydrogens (primary N) is 1. The fraction of sp³-hybridized carbons (Fsp3) is 0.583. The second-order valence-electron chi connectivity index (χ2n) is 4.97. The first-order valence-electron chi connectivity index (χ1n) is 6.50. The van der Waals surface area contributed by atoms with Crippen LogP contribution in [0.4, 0.5) is 5.82 Å². The summed E-state index contributed by atoms with van der Waals surface area (Å²) in [7, 11) is 1.88. The highest BCUT2D eigenvalue weighted by Crippen LogP contribution is 2.31. The van der Waals surface area contributed by atoms with Gasteiger partial charge < -0.3 is 20.7 Å². The maximum absolute atomic E-state index is 10.4. The van der Waals surface area contributed by atoms with Gasteiger partial charge in [0.2, 0.25) is 0 Å². The minimum absolute atomic E-state index is 0.0227. The molecule has 0 radical (unpaired) electrons. The minimum Gasteiger partial charge on any atom is -0.389 e. The molecule has 7 nitrogen and oxygen atoms in total. The van der Waals surface area contributed by atoms with Crippen molar-refractivity contribution in [2.24, 2.45) is 0 Å². The lowest BCUT2D eigenvalue weighted by Crippen LogP contribution is -2.45. The fourth-order valence-electron chi connectivity index (χ4n) is 2.89. The van der Waals surface area contributed by atoms with Gasteiger partial charge in [0, 0.05) is 6.04 Å². The number of hydrogen-bond donors (Lipinski definition) is 3. The topological polar surface area (TPSA) is 102 Å². The molecule has 7 heteroatoms. The predicted molar refractivity (Wildman–Crippen MR) is 71.5 cm³/mol. The number of nitrogen functional groups attached to an aromatic ring is 1. The van der Waals surface area contributed by atoms with E-state index in [0.29, 0.717) is 17.0 Å². The van der Waals surface area contributed by atoms with Crippen molar-refractivity contribution in [2.75, 3.05) is 12.8 Å². The van der Waals surface area contributed by atoms with Gasteiger partial charge >= 0.3 is 0 Å². The summed E-state index contributed by atoms with van der Waals surface area (Å²) in [5, 5.41) is 13.6. The van der Waals surface area contributed by atoms with E-state index in [1.54, 1.807) is 6.33 Å². The number of likely N-dealkylation sites (N-methyl/N-ethyl adjacent to an activating group) is 1. The fourth-order valence-corrected chi connectivity index (χ4v) is 2.89. The van der Waals surface area contributed by atoms with E-state index in [9.17, 15) is 5.11 Å². The summed E-state index contributed by atoms with van der Waals surface area (Å²) in [6.07, 6.45) is 5.63. The Morgan fingerprint density at radius 1 is 1.37 bits per heavy atom. The zero-order chi connectivity index (χ0) is 13.4. The van der Waals surface area contributed by atoms with Crippen LogP contribution in [0.25, 0.3) is 11.2 Å². The quantitative estimate of drug-likeness (QED) is 0.708. The molecule has 2 heterocycles. The molecule has 102 valence electrons. The van der Waals surface area contributed by atoms with Crippen LogP contribution in [-0.2, 0) is 0 Å². The molecule has 1 fully saturated rings. The lowest BCUT2D eigenvalue weighted by Gasteiger charge is -2.35. The van der Waals surface area contributed by atoms with E-state index in [-0.39, 0.29) is 12.1 Å². The molecule has 0 unspecified atom stereocenters. The number of aromatic nitrogens is 4. The number of anilines is 1. The van der Waals surface area contributed by atoms with Crippen LogP contribution in [0.2, 0.25) is 0 Å². The number of rotatable bonds is 2. The van der Waals surface area contributed by atoms with Crippen LogP contribution >= 0.6 is 0 Å². The molecule has 19 heavy (non-hydrogen) atoms. The average Bonchev–Trinajstić information content (AvgIpc) is 2.84. The van der Waals surface area contributed by atoms with Crippen molar-refractivity contribution in [3.63, 3.8) is 0 Å².